The van der Waals surface area contributed by atoms with Gasteiger partial charge in [0, 0.05) is 29.8 Å². The summed E-state index contributed by atoms with van der Waals surface area (Å²) in [5.74, 6) is 1.15. The molecule has 2 aromatic heterocycles. The van der Waals surface area contributed by atoms with Crippen molar-refractivity contribution in [1.29, 1.82) is 0 Å². The highest BCUT2D eigenvalue weighted by Crippen LogP contribution is 2.33. The molecule has 0 spiro atoms. The molecule has 5 heteroatoms. The number of imidazole rings is 1. The molecule has 0 atom stereocenters. The molecule has 5 nitrogen and oxygen atoms in total. The Kier molecular flexibility index (Phi) is 5.67. The summed E-state index contributed by atoms with van der Waals surface area (Å²) >= 11 is 0. The van der Waals surface area contributed by atoms with Gasteiger partial charge < -0.3 is 10.3 Å². The Bertz CT molecular complexity index is 1220. The molecule has 4 aromatic rings. The second kappa shape index (κ2) is 8.56. The molecule has 0 aliphatic carbocycles. The van der Waals surface area contributed by atoms with Crippen molar-refractivity contribution >= 4 is 11.6 Å². The summed E-state index contributed by atoms with van der Waals surface area (Å²) in [6.07, 6.45) is 0. The van der Waals surface area contributed by atoms with Crippen molar-refractivity contribution in [2.75, 3.05) is 5.32 Å². The SMILES string of the molecule is CC(=O)Nc1ccc(-c2cccc(-c3nc(C(C)C)[nH]c3-c3cccc(C)n3)c2)cc1. The first kappa shape index (κ1) is 20.5. The Hall–Kier alpha value is -3.73. The van der Waals surface area contributed by atoms with Gasteiger partial charge in [0.2, 0.25) is 5.91 Å². The van der Waals surface area contributed by atoms with E-state index in [1.54, 1.807) is 0 Å². The van der Waals surface area contributed by atoms with E-state index in [0.29, 0.717) is 0 Å². The third-order valence-electron chi connectivity index (χ3n) is 5.09. The second-order valence-corrected chi connectivity index (χ2v) is 8.00. The molecular formula is C26H26N4O. The van der Waals surface area contributed by atoms with E-state index in [2.05, 4.69) is 42.3 Å². The summed E-state index contributed by atoms with van der Waals surface area (Å²) in [5.41, 5.74) is 7.68. The van der Waals surface area contributed by atoms with E-state index >= 15 is 0 Å². The number of benzene rings is 2. The number of hydrogen-bond acceptors (Lipinski definition) is 3. The lowest BCUT2D eigenvalue weighted by atomic mass is 10.00. The summed E-state index contributed by atoms with van der Waals surface area (Å²) in [7, 11) is 0. The number of nitrogens with one attached hydrogen (secondary N) is 2. The zero-order valence-corrected chi connectivity index (χ0v) is 18.2. The average Bonchev–Trinajstić information content (AvgIpc) is 3.20. The largest absolute Gasteiger partial charge is 0.340 e. The molecule has 31 heavy (non-hydrogen) atoms. The minimum absolute atomic E-state index is 0.0773. The number of pyridine rings is 1. The lowest BCUT2D eigenvalue weighted by Crippen LogP contribution is -2.05. The van der Waals surface area contributed by atoms with E-state index < -0.39 is 0 Å². The van der Waals surface area contributed by atoms with Crippen molar-refractivity contribution in [3.8, 4) is 33.8 Å². The average molecular weight is 411 g/mol. The highest BCUT2D eigenvalue weighted by atomic mass is 16.1. The molecule has 0 aliphatic heterocycles. The van der Waals surface area contributed by atoms with Gasteiger partial charge in [0.1, 0.15) is 5.82 Å². The van der Waals surface area contributed by atoms with E-state index in [-0.39, 0.29) is 11.8 Å². The standard InChI is InChI=1S/C26H26N4O/c1-16(2)26-29-24(25(30-26)23-10-5-7-17(3)27-23)21-9-6-8-20(15-21)19-11-13-22(14-12-19)28-18(4)31/h5-16H,1-4H3,(H,28,31)(H,29,30). The first-order valence-electron chi connectivity index (χ1n) is 10.4. The van der Waals surface area contributed by atoms with Gasteiger partial charge in [-0.1, -0.05) is 50.2 Å². The van der Waals surface area contributed by atoms with E-state index in [1.807, 2.05) is 55.5 Å². The number of H-pyrrole nitrogens is 1. The summed E-state index contributed by atoms with van der Waals surface area (Å²) in [5, 5.41) is 2.80. The van der Waals surface area contributed by atoms with Crippen LogP contribution < -0.4 is 5.32 Å². The zero-order valence-electron chi connectivity index (χ0n) is 18.2. The summed E-state index contributed by atoms with van der Waals surface area (Å²) in [6, 6.07) is 22.2. The third kappa shape index (κ3) is 4.56. The smallest absolute Gasteiger partial charge is 0.221 e. The van der Waals surface area contributed by atoms with Gasteiger partial charge in [-0.15, -0.1) is 0 Å². The van der Waals surface area contributed by atoms with Crippen LogP contribution in [0.3, 0.4) is 0 Å². The van der Waals surface area contributed by atoms with Crippen molar-refractivity contribution in [1.82, 2.24) is 15.0 Å². The number of amides is 1. The fourth-order valence-corrected chi connectivity index (χ4v) is 3.54. The van der Waals surface area contributed by atoms with Gasteiger partial charge in [0.05, 0.1) is 17.1 Å². The van der Waals surface area contributed by atoms with Crippen LogP contribution in [0.4, 0.5) is 5.69 Å². The molecule has 0 radical (unpaired) electrons. The lowest BCUT2D eigenvalue weighted by Gasteiger charge is -2.08. The van der Waals surface area contributed by atoms with Gasteiger partial charge in [-0.2, -0.15) is 0 Å². The Morgan fingerprint density at radius 2 is 1.61 bits per heavy atom. The monoisotopic (exact) mass is 410 g/mol. The zero-order chi connectivity index (χ0) is 22.0. The van der Waals surface area contributed by atoms with Crippen LogP contribution in [0.2, 0.25) is 0 Å². The molecule has 0 aliphatic rings. The number of aromatic amines is 1. The van der Waals surface area contributed by atoms with Gasteiger partial charge in [-0.25, -0.2) is 4.98 Å². The van der Waals surface area contributed by atoms with E-state index in [9.17, 15) is 4.79 Å². The van der Waals surface area contributed by atoms with Crippen molar-refractivity contribution in [3.05, 3.63) is 78.2 Å². The number of hydrogen-bond donors (Lipinski definition) is 2. The van der Waals surface area contributed by atoms with E-state index in [4.69, 9.17) is 9.97 Å². The number of carbonyl (C=O) groups excluding carboxylic acids is 1. The van der Waals surface area contributed by atoms with Crippen LogP contribution in [-0.2, 0) is 4.79 Å². The maximum atomic E-state index is 11.3. The highest BCUT2D eigenvalue weighted by molar-refractivity contribution is 5.89. The molecule has 156 valence electrons. The fourth-order valence-electron chi connectivity index (χ4n) is 3.54. The van der Waals surface area contributed by atoms with Gasteiger partial charge in [-0.05, 0) is 48.4 Å². The molecule has 4 rings (SSSR count). The van der Waals surface area contributed by atoms with Crippen molar-refractivity contribution < 1.29 is 4.79 Å². The van der Waals surface area contributed by atoms with Crippen LogP contribution in [0.1, 0.15) is 38.2 Å². The summed E-state index contributed by atoms with van der Waals surface area (Å²) in [4.78, 5) is 24.4. The number of nitrogens with zero attached hydrogens (tertiary/aromatic N) is 2. The quantitative estimate of drug-likeness (QED) is 0.412. The van der Waals surface area contributed by atoms with Gasteiger partial charge >= 0.3 is 0 Å². The first-order valence-corrected chi connectivity index (χ1v) is 10.4. The minimum Gasteiger partial charge on any atom is -0.340 e. The van der Waals surface area contributed by atoms with Crippen LogP contribution in [0.5, 0.6) is 0 Å². The molecule has 0 fully saturated rings. The van der Waals surface area contributed by atoms with Crippen LogP contribution in [0.15, 0.2) is 66.7 Å². The summed E-state index contributed by atoms with van der Waals surface area (Å²) < 4.78 is 0. The molecule has 2 heterocycles. The molecule has 0 bridgehead atoms. The second-order valence-electron chi connectivity index (χ2n) is 8.00. The normalized spacial score (nSPS) is 11.0. The maximum Gasteiger partial charge on any atom is 0.221 e. The fraction of sp³-hybridized carbons (Fsp3) is 0.192. The van der Waals surface area contributed by atoms with Crippen molar-refractivity contribution in [2.24, 2.45) is 0 Å². The highest BCUT2D eigenvalue weighted by Gasteiger charge is 2.17. The Morgan fingerprint density at radius 3 is 2.29 bits per heavy atom. The topological polar surface area (TPSA) is 70.7 Å². The third-order valence-corrected chi connectivity index (χ3v) is 5.09. The molecule has 0 saturated heterocycles. The number of anilines is 1. The van der Waals surface area contributed by atoms with Crippen LogP contribution in [-0.4, -0.2) is 20.9 Å². The van der Waals surface area contributed by atoms with Crippen molar-refractivity contribution in [2.45, 2.75) is 33.6 Å². The first-order chi connectivity index (χ1) is 14.9. The van der Waals surface area contributed by atoms with Gasteiger partial charge in [0.15, 0.2) is 0 Å². The number of aromatic nitrogens is 3. The van der Waals surface area contributed by atoms with E-state index in [1.165, 1.54) is 6.92 Å². The van der Waals surface area contributed by atoms with Gasteiger partial charge in [0.25, 0.3) is 0 Å². The molecule has 0 saturated carbocycles. The molecule has 2 aromatic carbocycles. The Balaban J connectivity index is 1.76. The van der Waals surface area contributed by atoms with Gasteiger partial charge in [-0.3, -0.25) is 9.78 Å². The maximum absolute atomic E-state index is 11.3. The summed E-state index contributed by atoms with van der Waals surface area (Å²) in [6.45, 7) is 7.76. The predicted octanol–water partition coefficient (Wildman–Crippen LogP) is 6.20. The Morgan fingerprint density at radius 1 is 0.903 bits per heavy atom. The van der Waals surface area contributed by atoms with E-state index in [0.717, 1.165) is 51.0 Å². The van der Waals surface area contributed by atoms with Crippen LogP contribution in [0.25, 0.3) is 33.8 Å². The molecule has 0 unspecified atom stereocenters. The molecule has 2 N–H and O–H groups in total. The van der Waals surface area contributed by atoms with Crippen LogP contribution >= 0.6 is 0 Å². The Labute approximate surface area is 182 Å². The predicted molar refractivity (Wildman–Crippen MR) is 126 cm³/mol. The number of rotatable bonds is 5. The number of aryl methyl sites for hydroxylation is 1. The van der Waals surface area contributed by atoms with Crippen molar-refractivity contribution in [3.63, 3.8) is 0 Å². The molecule has 1 amide bonds. The lowest BCUT2D eigenvalue weighted by molar-refractivity contribution is -0.114. The minimum atomic E-state index is -0.0773. The van der Waals surface area contributed by atoms with Crippen LogP contribution in [0, 0.1) is 6.92 Å². The number of carbonyl (C=O) groups is 1. The molecular weight excluding hydrogens is 384 g/mol.